The number of aromatic amines is 1. The molecule has 0 amide bonds. The average molecular weight is 384 g/mol. The summed E-state index contributed by atoms with van der Waals surface area (Å²) >= 11 is 0. The molecule has 5 nitrogen and oxygen atoms in total. The Morgan fingerprint density at radius 1 is 1.04 bits per heavy atom. The van der Waals surface area contributed by atoms with E-state index in [0.29, 0.717) is 24.1 Å². The molecule has 0 spiro atoms. The highest BCUT2D eigenvalue weighted by atomic mass is 32.2. The Bertz CT molecular complexity index is 1160. The van der Waals surface area contributed by atoms with Gasteiger partial charge in [0.15, 0.2) is 9.84 Å². The molecular formula is C20H17FN2O3S. The van der Waals surface area contributed by atoms with Crippen molar-refractivity contribution < 1.29 is 12.8 Å². The first-order chi connectivity index (χ1) is 13.0. The minimum atomic E-state index is -3.53. The van der Waals surface area contributed by atoms with Crippen molar-refractivity contribution in [3.05, 3.63) is 82.0 Å². The van der Waals surface area contributed by atoms with Crippen LogP contribution in [0.1, 0.15) is 17.7 Å². The number of aromatic nitrogens is 2. The summed E-state index contributed by atoms with van der Waals surface area (Å²) in [6.07, 6.45) is 0.835. The summed E-state index contributed by atoms with van der Waals surface area (Å²) in [4.78, 5) is 19.8. The highest BCUT2D eigenvalue weighted by Gasteiger charge is 2.33. The molecule has 138 valence electrons. The van der Waals surface area contributed by atoms with E-state index in [1.807, 2.05) is 0 Å². The normalized spacial score (nSPS) is 16.7. The minimum absolute atomic E-state index is 0.104. The van der Waals surface area contributed by atoms with Crippen LogP contribution in [0, 0.1) is 5.82 Å². The monoisotopic (exact) mass is 384 g/mol. The van der Waals surface area contributed by atoms with Crippen molar-refractivity contribution >= 4 is 9.84 Å². The van der Waals surface area contributed by atoms with Gasteiger partial charge in [-0.3, -0.25) is 4.79 Å². The summed E-state index contributed by atoms with van der Waals surface area (Å²) in [6.45, 7) is 0. The molecule has 1 aliphatic rings. The van der Waals surface area contributed by atoms with Gasteiger partial charge in [0.2, 0.25) is 0 Å². The van der Waals surface area contributed by atoms with Crippen LogP contribution in [0.5, 0.6) is 0 Å². The molecule has 0 bridgehead atoms. The molecule has 27 heavy (non-hydrogen) atoms. The third-order valence-corrected chi connectivity index (χ3v) is 7.08. The Morgan fingerprint density at radius 2 is 1.74 bits per heavy atom. The fraction of sp³-hybridized carbons (Fsp3) is 0.200. The Labute approximate surface area is 155 Å². The molecular weight excluding hydrogens is 367 g/mol. The predicted molar refractivity (Wildman–Crippen MR) is 99.7 cm³/mol. The topological polar surface area (TPSA) is 79.9 Å². The van der Waals surface area contributed by atoms with Crippen LogP contribution in [-0.4, -0.2) is 23.6 Å². The van der Waals surface area contributed by atoms with Crippen molar-refractivity contribution in [3.8, 4) is 11.4 Å². The number of sulfone groups is 1. The quantitative estimate of drug-likeness (QED) is 0.753. The SMILES string of the molecule is O=c1[nH]c(-c2ccccc2F)nc2c1CC(S(=O)(=O)c1ccccc1)CC2. The lowest BCUT2D eigenvalue weighted by Crippen LogP contribution is -2.33. The van der Waals surface area contributed by atoms with Gasteiger partial charge in [-0.25, -0.2) is 17.8 Å². The molecule has 1 unspecified atom stereocenters. The third-order valence-electron chi connectivity index (χ3n) is 4.88. The highest BCUT2D eigenvalue weighted by molar-refractivity contribution is 7.92. The second-order valence-electron chi connectivity index (χ2n) is 6.54. The number of H-pyrrole nitrogens is 1. The van der Waals surface area contributed by atoms with Gasteiger partial charge in [0.1, 0.15) is 11.6 Å². The van der Waals surface area contributed by atoms with E-state index in [1.54, 1.807) is 48.5 Å². The van der Waals surface area contributed by atoms with E-state index in [-0.39, 0.29) is 22.7 Å². The zero-order valence-corrected chi connectivity index (χ0v) is 15.2. The Hall–Kier alpha value is -2.80. The van der Waals surface area contributed by atoms with Crippen LogP contribution in [0.3, 0.4) is 0 Å². The van der Waals surface area contributed by atoms with Gasteiger partial charge >= 0.3 is 0 Å². The first kappa shape index (κ1) is 17.6. The minimum Gasteiger partial charge on any atom is -0.306 e. The zero-order chi connectivity index (χ0) is 19.0. The maximum atomic E-state index is 14.0. The second-order valence-corrected chi connectivity index (χ2v) is 8.77. The summed E-state index contributed by atoms with van der Waals surface area (Å²) in [5.74, 6) is -0.304. The summed E-state index contributed by atoms with van der Waals surface area (Å²) < 4.78 is 39.7. The van der Waals surface area contributed by atoms with Crippen LogP contribution in [0.25, 0.3) is 11.4 Å². The van der Waals surface area contributed by atoms with Crippen LogP contribution in [-0.2, 0) is 22.7 Å². The van der Waals surface area contributed by atoms with Crippen molar-refractivity contribution in [1.29, 1.82) is 0 Å². The first-order valence-electron chi connectivity index (χ1n) is 8.63. The fourth-order valence-corrected chi connectivity index (χ4v) is 5.17. The Balaban J connectivity index is 1.71. The standard InChI is InChI=1S/C20H17FN2O3S/c21-17-9-5-4-8-15(17)19-22-18-11-10-14(12-16(18)20(24)23-19)27(25,26)13-6-2-1-3-7-13/h1-9,14H,10-12H2,(H,22,23,24). The molecule has 0 radical (unpaired) electrons. The number of benzene rings is 2. The van der Waals surface area contributed by atoms with Crippen LogP contribution >= 0.6 is 0 Å². The van der Waals surface area contributed by atoms with Crippen molar-refractivity contribution in [3.63, 3.8) is 0 Å². The van der Waals surface area contributed by atoms with Crippen molar-refractivity contribution in [1.82, 2.24) is 9.97 Å². The first-order valence-corrected chi connectivity index (χ1v) is 10.2. The maximum absolute atomic E-state index is 14.0. The fourth-order valence-electron chi connectivity index (χ4n) is 3.44. The number of halogens is 1. The number of nitrogens with zero attached hydrogens (tertiary/aromatic N) is 1. The summed E-state index contributed by atoms with van der Waals surface area (Å²) in [5.41, 5.74) is 0.713. The van der Waals surface area contributed by atoms with Crippen molar-refractivity contribution in [2.45, 2.75) is 29.4 Å². The lowest BCUT2D eigenvalue weighted by Gasteiger charge is -2.23. The molecule has 2 aromatic carbocycles. The highest BCUT2D eigenvalue weighted by Crippen LogP contribution is 2.28. The molecule has 1 aliphatic carbocycles. The molecule has 1 heterocycles. The van der Waals surface area contributed by atoms with Gasteiger partial charge in [-0.1, -0.05) is 30.3 Å². The molecule has 1 N–H and O–H groups in total. The molecule has 4 rings (SSSR count). The summed E-state index contributed by atoms with van der Waals surface area (Å²) in [6, 6.07) is 14.3. The summed E-state index contributed by atoms with van der Waals surface area (Å²) in [5, 5.41) is -0.672. The summed E-state index contributed by atoms with van der Waals surface area (Å²) in [7, 11) is -3.53. The predicted octanol–water partition coefficient (Wildman–Crippen LogP) is 2.91. The number of nitrogens with one attached hydrogen (secondary N) is 1. The molecule has 0 saturated carbocycles. The van der Waals surface area contributed by atoms with Crippen molar-refractivity contribution in [2.24, 2.45) is 0 Å². The number of aryl methyl sites for hydroxylation is 1. The van der Waals surface area contributed by atoms with E-state index in [2.05, 4.69) is 9.97 Å². The van der Waals surface area contributed by atoms with Gasteiger partial charge < -0.3 is 4.98 Å². The van der Waals surface area contributed by atoms with Gasteiger partial charge in [-0.2, -0.15) is 0 Å². The Kier molecular flexibility index (Phi) is 4.39. The average Bonchev–Trinajstić information content (AvgIpc) is 2.68. The van der Waals surface area contributed by atoms with Gasteiger partial charge in [-0.15, -0.1) is 0 Å². The van der Waals surface area contributed by atoms with E-state index in [0.717, 1.165) is 0 Å². The van der Waals surface area contributed by atoms with Crippen molar-refractivity contribution in [2.75, 3.05) is 0 Å². The molecule has 0 fully saturated rings. The lowest BCUT2D eigenvalue weighted by molar-refractivity contribution is 0.557. The zero-order valence-electron chi connectivity index (χ0n) is 14.4. The van der Waals surface area contributed by atoms with E-state index in [1.165, 1.54) is 6.07 Å². The van der Waals surface area contributed by atoms with E-state index < -0.39 is 26.5 Å². The van der Waals surface area contributed by atoms with E-state index in [4.69, 9.17) is 0 Å². The van der Waals surface area contributed by atoms with E-state index in [9.17, 15) is 17.6 Å². The number of fused-ring (bicyclic) bond motifs is 1. The lowest BCUT2D eigenvalue weighted by atomic mass is 9.96. The second kappa shape index (κ2) is 6.74. The van der Waals surface area contributed by atoms with Gasteiger partial charge in [-0.05, 0) is 43.5 Å². The molecule has 7 heteroatoms. The van der Waals surface area contributed by atoms with Gasteiger partial charge in [0.25, 0.3) is 5.56 Å². The smallest absolute Gasteiger partial charge is 0.254 e. The molecule has 0 saturated heterocycles. The van der Waals surface area contributed by atoms with Crippen LogP contribution < -0.4 is 5.56 Å². The largest absolute Gasteiger partial charge is 0.306 e. The van der Waals surface area contributed by atoms with Gasteiger partial charge in [0, 0.05) is 5.56 Å². The van der Waals surface area contributed by atoms with E-state index >= 15 is 0 Å². The molecule has 1 aromatic heterocycles. The molecule has 0 aliphatic heterocycles. The van der Waals surface area contributed by atoms with Gasteiger partial charge in [0.05, 0.1) is 21.4 Å². The molecule has 3 aromatic rings. The van der Waals surface area contributed by atoms with Crippen LogP contribution in [0.2, 0.25) is 0 Å². The third kappa shape index (κ3) is 3.19. The van der Waals surface area contributed by atoms with Crippen LogP contribution in [0.15, 0.2) is 64.3 Å². The maximum Gasteiger partial charge on any atom is 0.254 e. The number of hydrogen-bond donors (Lipinski definition) is 1. The number of hydrogen-bond acceptors (Lipinski definition) is 4. The number of rotatable bonds is 3. The molecule has 1 atom stereocenters. The van der Waals surface area contributed by atoms with Crippen LogP contribution in [0.4, 0.5) is 4.39 Å². The Morgan fingerprint density at radius 3 is 2.48 bits per heavy atom.